The summed E-state index contributed by atoms with van der Waals surface area (Å²) in [6.45, 7) is 0. The SMILES string of the molecule is c1ccc(-c2cc3c4cc(-c5ccccn5)ccc4n4c5ccc6c7ccccc7oc6c5c(c2)c34)cc1. The van der Waals surface area contributed by atoms with Gasteiger partial charge in [-0.3, -0.25) is 4.98 Å². The molecule has 0 bridgehead atoms. The standard InChI is InChI=1S/C35H20N2O/c1-2-8-21(9-3-1)23-19-27-26-18-22(29-11-6-7-17-36-29)13-15-30(26)37-31-16-14-25-24-10-4-5-12-32(24)38-35(25)33(31)28(20-23)34(27)37/h1-20H. The van der Waals surface area contributed by atoms with Gasteiger partial charge >= 0.3 is 0 Å². The van der Waals surface area contributed by atoms with Crippen molar-refractivity contribution in [2.45, 2.75) is 0 Å². The minimum absolute atomic E-state index is 0.924. The van der Waals surface area contributed by atoms with Crippen LogP contribution in [0.1, 0.15) is 0 Å². The number of hydrogen-bond donors (Lipinski definition) is 0. The molecule has 0 radical (unpaired) electrons. The van der Waals surface area contributed by atoms with Crippen molar-refractivity contribution in [2.75, 3.05) is 0 Å². The number of para-hydroxylation sites is 1. The summed E-state index contributed by atoms with van der Waals surface area (Å²) >= 11 is 0. The zero-order valence-electron chi connectivity index (χ0n) is 20.3. The summed E-state index contributed by atoms with van der Waals surface area (Å²) in [4.78, 5) is 4.61. The molecule has 0 fully saturated rings. The van der Waals surface area contributed by atoms with Crippen LogP contribution in [-0.2, 0) is 0 Å². The number of fused-ring (bicyclic) bond motifs is 10. The maximum Gasteiger partial charge on any atom is 0.145 e. The number of hydrogen-bond acceptors (Lipinski definition) is 2. The number of rotatable bonds is 2. The van der Waals surface area contributed by atoms with E-state index in [-0.39, 0.29) is 0 Å². The number of nitrogens with zero attached hydrogens (tertiary/aromatic N) is 2. The van der Waals surface area contributed by atoms with E-state index in [4.69, 9.17) is 4.42 Å². The highest BCUT2D eigenvalue weighted by Crippen LogP contribution is 2.45. The number of aromatic nitrogens is 2. The topological polar surface area (TPSA) is 30.4 Å². The van der Waals surface area contributed by atoms with Gasteiger partial charge in [0.1, 0.15) is 11.2 Å². The minimum atomic E-state index is 0.924. The molecule has 0 saturated heterocycles. The van der Waals surface area contributed by atoms with E-state index in [9.17, 15) is 0 Å². The maximum absolute atomic E-state index is 6.54. The number of pyridine rings is 1. The Hall–Kier alpha value is -5.15. The third kappa shape index (κ3) is 2.55. The van der Waals surface area contributed by atoms with E-state index in [2.05, 4.69) is 106 Å². The fourth-order valence-electron chi connectivity index (χ4n) is 6.30. The van der Waals surface area contributed by atoms with E-state index in [0.29, 0.717) is 0 Å². The van der Waals surface area contributed by atoms with E-state index in [1.54, 1.807) is 0 Å². The van der Waals surface area contributed by atoms with Crippen LogP contribution in [-0.4, -0.2) is 9.38 Å². The lowest BCUT2D eigenvalue weighted by molar-refractivity contribution is 0.673. The van der Waals surface area contributed by atoms with Crippen molar-refractivity contribution in [3.05, 3.63) is 121 Å². The van der Waals surface area contributed by atoms with Crippen LogP contribution in [0.4, 0.5) is 0 Å². The van der Waals surface area contributed by atoms with Crippen LogP contribution in [0, 0.1) is 0 Å². The molecule has 38 heavy (non-hydrogen) atoms. The Morgan fingerprint density at radius 3 is 2.21 bits per heavy atom. The summed E-state index contributed by atoms with van der Waals surface area (Å²) in [5.41, 5.74) is 10.00. The van der Waals surface area contributed by atoms with Gasteiger partial charge in [0.2, 0.25) is 0 Å². The monoisotopic (exact) mass is 484 g/mol. The van der Waals surface area contributed by atoms with Crippen molar-refractivity contribution in [2.24, 2.45) is 0 Å². The third-order valence-electron chi connectivity index (χ3n) is 7.96. The van der Waals surface area contributed by atoms with Gasteiger partial charge in [-0.15, -0.1) is 0 Å². The van der Waals surface area contributed by atoms with E-state index in [1.165, 1.54) is 49.2 Å². The average molecular weight is 485 g/mol. The number of benzene rings is 5. The molecule has 0 unspecified atom stereocenters. The quantitative estimate of drug-likeness (QED) is 0.245. The Morgan fingerprint density at radius 1 is 0.526 bits per heavy atom. The van der Waals surface area contributed by atoms with Gasteiger partial charge in [-0.2, -0.15) is 0 Å². The van der Waals surface area contributed by atoms with Gasteiger partial charge in [0, 0.05) is 38.7 Å². The first-order chi connectivity index (χ1) is 18.8. The van der Waals surface area contributed by atoms with Crippen LogP contribution in [0.5, 0.6) is 0 Å². The highest BCUT2D eigenvalue weighted by Gasteiger charge is 2.22. The fraction of sp³-hybridized carbons (Fsp3) is 0. The molecule has 9 aromatic rings. The highest BCUT2D eigenvalue weighted by molar-refractivity contribution is 6.30. The summed E-state index contributed by atoms with van der Waals surface area (Å²) in [5, 5.41) is 7.18. The first kappa shape index (κ1) is 20.0. The molecule has 0 amide bonds. The molecular formula is C35H20N2O. The van der Waals surface area contributed by atoms with Crippen molar-refractivity contribution in [1.82, 2.24) is 9.38 Å². The van der Waals surface area contributed by atoms with Crippen molar-refractivity contribution >= 4 is 60.0 Å². The molecule has 176 valence electrons. The molecule has 5 aromatic carbocycles. The van der Waals surface area contributed by atoms with Crippen LogP contribution in [0.15, 0.2) is 126 Å². The molecule has 3 nitrogen and oxygen atoms in total. The lowest BCUT2D eigenvalue weighted by atomic mass is 9.98. The second kappa shape index (κ2) is 7.21. The predicted octanol–water partition coefficient (Wildman–Crippen LogP) is 9.47. The van der Waals surface area contributed by atoms with Crippen molar-refractivity contribution in [3.8, 4) is 22.4 Å². The van der Waals surface area contributed by atoms with Gasteiger partial charge in [0.05, 0.1) is 27.6 Å². The summed E-state index contributed by atoms with van der Waals surface area (Å²) < 4.78 is 8.96. The predicted molar refractivity (Wildman–Crippen MR) is 157 cm³/mol. The summed E-state index contributed by atoms with van der Waals surface area (Å²) in [6, 6.07) is 40.9. The fourth-order valence-corrected chi connectivity index (χ4v) is 6.30. The van der Waals surface area contributed by atoms with Gasteiger partial charge < -0.3 is 8.82 Å². The van der Waals surface area contributed by atoms with Crippen molar-refractivity contribution in [3.63, 3.8) is 0 Å². The summed E-state index contributed by atoms with van der Waals surface area (Å²) in [5.74, 6) is 0. The molecule has 0 aliphatic rings. The summed E-state index contributed by atoms with van der Waals surface area (Å²) in [6.07, 6.45) is 1.85. The molecule has 9 rings (SSSR count). The van der Waals surface area contributed by atoms with E-state index in [0.717, 1.165) is 33.2 Å². The van der Waals surface area contributed by atoms with Crippen LogP contribution in [0.25, 0.3) is 82.4 Å². The molecule has 4 heterocycles. The van der Waals surface area contributed by atoms with E-state index >= 15 is 0 Å². The second-order valence-electron chi connectivity index (χ2n) is 10.0. The summed E-state index contributed by atoms with van der Waals surface area (Å²) in [7, 11) is 0. The first-order valence-corrected chi connectivity index (χ1v) is 12.9. The Bertz CT molecular complexity index is 2330. The first-order valence-electron chi connectivity index (χ1n) is 12.9. The zero-order chi connectivity index (χ0) is 24.8. The van der Waals surface area contributed by atoms with Crippen LogP contribution >= 0.6 is 0 Å². The van der Waals surface area contributed by atoms with Crippen LogP contribution in [0.3, 0.4) is 0 Å². The molecule has 3 heteroatoms. The minimum Gasteiger partial charge on any atom is -0.455 e. The van der Waals surface area contributed by atoms with Crippen LogP contribution < -0.4 is 0 Å². The molecule has 0 N–H and O–H groups in total. The maximum atomic E-state index is 6.54. The largest absolute Gasteiger partial charge is 0.455 e. The second-order valence-corrected chi connectivity index (χ2v) is 10.0. The van der Waals surface area contributed by atoms with Gasteiger partial charge in [-0.25, -0.2) is 0 Å². The number of furan rings is 1. The van der Waals surface area contributed by atoms with Crippen molar-refractivity contribution in [1.29, 1.82) is 0 Å². The van der Waals surface area contributed by atoms with Gasteiger partial charge in [0.15, 0.2) is 0 Å². The third-order valence-corrected chi connectivity index (χ3v) is 7.96. The zero-order valence-corrected chi connectivity index (χ0v) is 20.3. The Morgan fingerprint density at radius 2 is 1.32 bits per heavy atom. The highest BCUT2D eigenvalue weighted by atomic mass is 16.3. The van der Waals surface area contributed by atoms with Gasteiger partial charge in [0.25, 0.3) is 0 Å². The Balaban J connectivity index is 1.49. The molecule has 0 aliphatic heterocycles. The normalized spacial score (nSPS) is 12.2. The van der Waals surface area contributed by atoms with Crippen molar-refractivity contribution < 1.29 is 4.42 Å². The lowest BCUT2D eigenvalue weighted by Crippen LogP contribution is -1.84. The van der Waals surface area contributed by atoms with Gasteiger partial charge in [-0.05, 0) is 65.7 Å². The molecular weight excluding hydrogens is 464 g/mol. The molecule has 4 aromatic heterocycles. The molecule has 0 spiro atoms. The Kier molecular flexibility index (Phi) is 3.79. The van der Waals surface area contributed by atoms with Crippen LogP contribution in [0.2, 0.25) is 0 Å². The average Bonchev–Trinajstić information content (AvgIpc) is 3.64. The van der Waals surface area contributed by atoms with E-state index in [1.807, 2.05) is 24.4 Å². The molecule has 0 aliphatic carbocycles. The molecule has 0 atom stereocenters. The molecule has 0 saturated carbocycles. The lowest BCUT2D eigenvalue weighted by Gasteiger charge is -2.05. The van der Waals surface area contributed by atoms with Gasteiger partial charge in [-0.1, -0.05) is 60.7 Å². The van der Waals surface area contributed by atoms with E-state index < -0.39 is 0 Å². The Labute approximate surface area is 217 Å². The smallest absolute Gasteiger partial charge is 0.145 e.